The number of aryl methyl sites for hydroxylation is 1. The summed E-state index contributed by atoms with van der Waals surface area (Å²) < 4.78 is 0. The molecule has 2 fully saturated rings. The minimum Gasteiger partial charge on any atom is -0.682 e. The van der Waals surface area contributed by atoms with Crippen LogP contribution in [0, 0.1) is 6.92 Å². The van der Waals surface area contributed by atoms with Gasteiger partial charge in [0.25, 0.3) is 0 Å². The number of aliphatic hydroxyl groups is 1. The van der Waals surface area contributed by atoms with Crippen LogP contribution in [0.3, 0.4) is 0 Å². The molecule has 0 spiro atoms. The Morgan fingerprint density at radius 3 is 2.52 bits per heavy atom. The molecule has 4 atom stereocenters. The molecule has 174 valence electrons. The van der Waals surface area contributed by atoms with Gasteiger partial charge in [0.15, 0.2) is 11.5 Å². The van der Waals surface area contributed by atoms with Crippen molar-refractivity contribution in [1.82, 2.24) is 4.90 Å². The van der Waals surface area contributed by atoms with E-state index < -0.39 is 11.0 Å². The van der Waals surface area contributed by atoms with Gasteiger partial charge in [-0.2, -0.15) is 0 Å². The van der Waals surface area contributed by atoms with Crippen molar-refractivity contribution in [2.75, 3.05) is 13.1 Å². The smallest absolute Gasteiger partial charge is 0.682 e. The summed E-state index contributed by atoms with van der Waals surface area (Å²) in [6.07, 6.45) is 5.04. The Labute approximate surface area is 210 Å². The van der Waals surface area contributed by atoms with Gasteiger partial charge in [0, 0.05) is 17.0 Å². The van der Waals surface area contributed by atoms with Crippen LogP contribution in [0.4, 0.5) is 5.69 Å². The van der Waals surface area contributed by atoms with Crippen molar-refractivity contribution in [3.63, 3.8) is 0 Å². The maximum atomic E-state index is 12.4. The number of phenolic OH excluding ortho intramolecular Hbond substituents is 2. The molecule has 6 heteroatoms. The summed E-state index contributed by atoms with van der Waals surface area (Å²) in [7, 11) is 0. The number of benzene rings is 2. The van der Waals surface area contributed by atoms with Gasteiger partial charge in [-0.3, -0.25) is 4.90 Å². The van der Waals surface area contributed by atoms with E-state index in [0.29, 0.717) is 18.4 Å². The first-order valence-electron chi connectivity index (χ1n) is 12.1. The molecule has 1 saturated carbocycles. The summed E-state index contributed by atoms with van der Waals surface area (Å²) in [5, 5.41) is 38.8. The van der Waals surface area contributed by atoms with Gasteiger partial charge in [-0.25, -0.2) is 0 Å². The average Bonchev–Trinajstić information content (AvgIpc) is 2.78. The molecule has 1 heterocycles. The fourth-order valence-corrected chi connectivity index (χ4v) is 6.29. The maximum absolute atomic E-state index is 12.4. The molecule has 2 aromatic rings. The third kappa shape index (κ3) is 4.54. The molecule has 3 N–H and O–H groups in total. The van der Waals surface area contributed by atoms with Crippen molar-refractivity contribution >= 4 is 5.69 Å². The van der Waals surface area contributed by atoms with Crippen LogP contribution >= 0.6 is 0 Å². The standard InChI is InChI=1S/C27H37N2O3.Li/c1-4-5-16-29-17-15-26(24-19(2)11-12-23(30)25(24)31)18-22(13-14-27(26,32)20(29)3)28-21-9-7-6-8-10-21;/h6-12,20,22,30-32H,4-5,13-18H2,1-3H3;/q-1;+1/t20-,22+,26-,27-;/m1./s1. The van der Waals surface area contributed by atoms with Crippen molar-refractivity contribution < 1.29 is 34.2 Å². The molecule has 33 heavy (non-hydrogen) atoms. The molecule has 0 bridgehead atoms. The minimum atomic E-state index is -1.00. The van der Waals surface area contributed by atoms with Crippen LogP contribution < -0.4 is 18.9 Å². The molecule has 1 saturated heterocycles. The summed E-state index contributed by atoms with van der Waals surface area (Å²) in [6, 6.07) is 13.4. The Hall–Kier alpha value is -1.64. The Kier molecular flexibility index (Phi) is 8.12. The first-order valence-corrected chi connectivity index (χ1v) is 12.1. The number of hydrogen-bond donors (Lipinski definition) is 3. The van der Waals surface area contributed by atoms with Crippen LogP contribution in [0.5, 0.6) is 11.5 Å². The third-order valence-electron chi connectivity index (χ3n) is 8.07. The predicted molar refractivity (Wildman–Crippen MR) is 129 cm³/mol. The molecule has 2 aromatic carbocycles. The first-order chi connectivity index (χ1) is 15.3. The van der Waals surface area contributed by atoms with Gasteiger partial charge in [0.1, 0.15) is 0 Å². The van der Waals surface area contributed by atoms with Crippen molar-refractivity contribution in [3.8, 4) is 11.5 Å². The van der Waals surface area contributed by atoms with Crippen LogP contribution in [-0.4, -0.2) is 51.0 Å². The van der Waals surface area contributed by atoms with Gasteiger partial charge in [-0.05, 0) is 57.8 Å². The van der Waals surface area contributed by atoms with Gasteiger partial charge >= 0.3 is 18.9 Å². The van der Waals surface area contributed by atoms with E-state index in [1.807, 2.05) is 43.3 Å². The number of fused-ring (bicyclic) bond motifs is 1. The zero-order valence-electron chi connectivity index (χ0n) is 20.6. The van der Waals surface area contributed by atoms with E-state index in [4.69, 9.17) is 5.32 Å². The van der Waals surface area contributed by atoms with Gasteiger partial charge in [-0.1, -0.05) is 62.6 Å². The Bertz CT molecular complexity index is 940. The third-order valence-corrected chi connectivity index (χ3v) is 8.07. The number of para-hydroxylation sites is 1. The second-order valence-corrected chi connectivity index (χ2v) is 9.81. The number of rotatable bonds is 6. The van der Waals surface area contributed by atoms with Gasteiger partial charge in [0.05, 0.1) is 5.60 Å². The summed E-state index contributed by atoms with van der Waals surface area (Å²) >= 11 is 0. The van der Waals surface area contributed by atoms with Crippen molar-refractivity contribution in [1.29, 1.82) is 0 Å². The molecule has 1 aliphatic heterocycles. The van der Waals surface area contributed by atoms with Crippen LogP contribution in [0.15, 0.2) is 42.5 Å². The topological polar surface area (TPSA) is 78.0 Å². The molecule has 5 nitrogen and oxygen atoms in total. The minimum absolute atomic E-state index is 0. The largest absolute Gasteiger partial charge is 1.00 e. The summed E-state index contributed by atoms with van der Waals surface area (Å²) in [6.45, 7) is 8.12. The second-order valence-electron chi connectivity index (χ2n) is 9.81. The van der Waals surface area contributed by atoms with E-state index >= 15 is 0 Å². The van der Waals surface area contributed by atoms with E-state index in [0.717, 1.165) is 50.0 Å². The number of phenols is 2. The maximum Gasteiger partial charge on any atom is 1.00 e. The fraction of sp³-hybridized carbons (Fsp3) is 0.556. The predicted octanol–water partition coefficient (Wildman–Crippen LogP) is 2.53. The number of piperidine rings is 1. The number of hydrogen-bond acceptors (Lipinski definition) is 4. The van der Waals surface area contributed by atoms with E-state index in [-0.39, 0.29) is 42.4 Å². The molecular formula is C27H37LiN2O3. The Morgan fingerprint density at radius 1 is 1.09 bits per heavy atom. The van der Waals surface area contributed by atoms with Crippen LogP contribution in [0.1, 0.15) is 63.5 Å². The van der Waals surface area contributed by atoms with Crippen LogP contribution in [-0.2, 0) is 5.41 Å². The molecular weight excluding hydrogens is 407 g/mol. The van der Waals surface area contributed by atoms with E-state index in [1.54, 1.807) is 6.07 Å². The summed E-state index contributed by atoms with van der Waals surface area (Å²) in [5.74, 6) is -0.205. The van der Waals surface area contributed by atoms with E-state index in [9.17, 15) is 15.3 Å². The number of aromatic hydroxyl groups is 2. The summed E-state index contributed by atoms with van der Waals surface area (Å²) in [4.78, 5) is 2.41. The monoisotopic (exact) mass is 444 g/mol. The van der Waals surface area contributed by atoms with Crippen LogP contribution in [0.25, 0.3) is 5.32 Å². The molecule has 4 rings (SSSR count). The van der Waals surface area contributed by atoms with Gasteiger partial charge in [-0.15, -0.1) is 11.7 Å². The molecule has 1 aliphatic carbocycles. The Balaban J connectivity index is 0.00000306. The average molecular weight is 445 g/mol. The number of likely N-dealkylation sites (tertiary alicyclic amines) is 1. The normalized spacial score (nSPS) is 29.7. The van der Waals surface area contributed by atoms with Crippen molar-refractivity contribution in [2.45, 2.75) is 82.4 Å². The number of nitrogens with zero attached hydrogens (tertiary/aromatic N) is 2. The van der Waals surface area contributed by atoms with E-state index in [1.165, 1.54) is 0 Å². The zero-order valence-corrected chi connectivity index (χ0v) is 20.6. The molecule has 2 aliphatic rings. The SMILES string of the molecule is CCCCN1CC[C@]2(c3c(C)ccc(O)c3O)C[C@@H]([N-]c3ccccc3)CC[C@@]2(O)[C@H]1C.[Li+]. The Morgan fingerprint density at radius 2 is 1.82 bits per heavy atom. The quantitative estimate of drug-likeness (QED) is 0.473. The zero-order chi connectivity index (χ0) is 22.9. The molecule has 0 amide bonds. The molecule has 0 unspecified atom stereocenters. The summed E-state index contributed by atoms with van der Waals surface area (Å²) in [5.41, 5.74) is 0.896. The van der Waals surface area contributed by atoms with Crippen molar-refractivity contribution in [3.05, 3.63) is 58.9 Å². The fourth-order valence-electron chi connectivity index (χ4n) is 6.29. The first kappa shape index (κ1) is 26.0. The van der Waals surface area contributed by atoms with Crippen molar-refractivity contribution in [2.24, 2.45) is 0 Å². The molecule has 0 radical (unpaired) electrons. The van der Waals surface area contributed by atoms with E-state index in [2.05, 4.69) is 18.7 Å². The van der Waals surface area contributed by atoms with Crippen LogP contribution in [0.2, 0.25) is 0 Å². The number of unbranched alkanes of at least 4 members (excludes halogenated alkanes) is 1. The van der Waals surface area contributed by atoms with Gasteiger partial charge in [0.2, 0.25) is 0 Å². The molecule has 0 aromatic heterocycles. The van der Waals surface area contributed by atoms with Gasteiger partial charge < -0.3 is 20.6 Å². The second kappa shape index (κ2) is 10.3.